The molecule has 1 saturated heterocycles. The maximum atomic E-state index is 12.2. The Hall–Kier alpha value is -1.39. The van der Waals surface area contributed by atoms with E-state index in [0.29, 0.717) is 19.2 Å². The average molecular weight is 332 g/mol. The van der Waals surface area contributed by atoms with Gasteiger partial charge < -0.3 is 15.0 Å². The first-order valence-electron chi connectivity index (χ1n) is 9.30. The second kappa shape index (κ2) is 10.5. The number of nitrogens with zero attached hydrogens (tertiary/aromatic N) is 1. The molecule has 0 atom stereocenters. The van der Waals surface area contributed by atoms with Gasteiger partial charge in [0, 0.05) is 25.1 Å². The van der Waals surface area contributed by atoms with Gasteiger partial charge in [-0.25, -0.2) is 0 Å². The highest BCUT2D eigenvalue weighted by Gasteiger charge is 2.25. The first kappa shape index (κ1) is 18.9. The molecule has 1 amide bonds. The Labute approximate surface area is 146 Å². The van der Waals surface area contributed by atoms with Crippen LogP contribution in [0.4, 0.5) is 0 Å². The molecule has 0 spiro atoms. The molecule has 1 aliphatic heterocycles. The molecule has 1 N–H and O–H groups in total. The molecule has 0 radical (unpaired) electrons. The standard InChI is InChI=1S/C20H32N2O2/c1-17(2)22-13-9-19(10-14-22)20(23)21-12-6-15-24-16-11-18-7-4-3-5-8-18/h3-5,7-8,17,19H,6,9-16H2,1-2H3,(H,21,23). The highest BCUT2D eigenvalue weighted by Crippen LogP contribution is 2.18. The molecular weight excluding hydrogens is 300 g/mol. The van der Waals surface area contributed by atoms with Gasteiger partial charge >= 0.3 is 0 Å². The fourth-order valence-corrected chi connectivity index (χ4v) is 3.14. The minimum absolute atomic E-state index is 0.194. The van der Waals surface area contributed by atoms with E-state index in [1.165, 1.54) is 5.56 Å². The minimum Gasteiger partial charge on any atom is -0.381 e. The molecule has 1 heterocycles. The summed E-state index contributed by atoms with van der Waals surface area (Å²) in [4.78, 5) is 14.6. The topological polar surface area (TPSA) is 41.6 Å². The van der Waals surface area contributed by atoms with Crippen LogP contribution in [0.3, 0.4) is 0 Å². The lowest BCUT2D eigenvalue weighted by Crippen LogP contribution is -2.43. The SMILES string of the molecule is CC(C)N1CCC(C(=O)NCCCOCCc2ccccc2)CC1. The molecular formula is C20H32N2O2. The lowest BCUT2D eigenvalue weighted by Gasteiger charge is -2.33. The second-order valence-corrected chi connectivity index (χ2v) is 6.90. The molecule has 1 aliphatic rings. The van der Waals surface area contributed by atoms with Gasteiger partial charge in [0.2, 0.25) is 5.91 Å². The molecule has 4 heteroatoms. The average Bonchev–Trinajstić information content (AvgIpc) is 2.61. The van der Waals surface area contributed by atoms with Crippen molar-refractivity contribution in [1.29, 1.82) is 0 Å². The van der Waals surface area contributed by atoms with E-state index in [2.05, 4.69) is 48.3 Å². The summed E-state index contributed by atoms with van der Waals surface area (Å²) in [7, 11) is 0. The number of rotatable bonds is 9. The molecule has 4 nitrogen and oxygen atoms in total. The van der Waals surface area contributed by atoms with Crippen LogP contribution in [0.5, 0.6) is 0 Å². The largest absolute Gasteiger partial charge is 0.381 e. The minimum atomic E-state index is 0.194. The Morgan fingerprint density at radius 1 is 1.21 bits per heavy atom. The first-order valence-corrected chi connectivity index (χ1v) is 9.30. The fourth-order valence-electron chi connectivity index (χ4n) is 3.14. The number of piperidine rings is 1. The lowest BCUT2D eigenvalue weighted by molar-refractivity contribution is -0.126. The number of carbonyl (C=O) groups excluding carboxylic acids is 1. The predicted molar refractivity (Wildman–Crippen MR) is 98.0 cm³/mol. The summed E-state index contributed by atoms with van der Waals surface area (Å²) in [5, 5.41) is 3.07. The van der Waals surface area contributed by atoms with Gasteiger partial charge in [-0.15, -0.1) is 0 Å². The van der Waals surface area contributed by atoms with Crippen LogP contribution in [0.2, 0.25) is 0 Å². The van der Waals surface area contributed by atoms with Gasteiger partial charge in [0.25, 0.3) is 0 Å². The fraction of sp³-hybridized carbons (Fsp3) is 0.650. The highest BCUT2D eigenvalue weighted by molar-refractivity contribution is 5.78. The molecule has 0 unspecified atom stereocenters. The van der Waals surface area contributed by atoms with E-state index < -0.39 is 0 Å². The summed E-state index contributed by atoms with van der Waals surface area (Å²) < 4.78 is 5.65. The van der Waals surface area contributed by atoms with E-state index in [1.807, 2.05) is 6.07 Å². The smallest absolute Gasteiger partial charge is 0.223 e. The normalized spacial score (nSPS) is 16.5. The van der Waals surface area contributed by atoms with Gasteiger partial charge in [-0.05, 0) is 58.2 Å². The van der Waals surface area contributed by atoms with Crippen molar-refractivity contribution in [1.82, 2.24) is 10.2 Å². The van der Waals surface area contributed by atoms with Crippen molar-refractivity contribution in [2.45, 2.75) is 45.6 Å². The number of benzene rings is 1. The van der Waals surface area contributed by atoms with Crippen molar-refractivity contribution in [2.75, 3.05) is 32.8 Å². The number of likely N-dealkylation sites (tertiary alicyclic amines) is 1. The van der Waals surface area contributed by atoms with E-state index in [0.717, 1.165) is 45.4 Å². The van der Waals surface area contributed by atoms with Crippen molar-refractivity contribution < 1.29 is 9.53 Å². The van der Waals surface area contributed by atoms with Gasteiger partial charge in [-0.2, -0.15) is 0 Å². The summed E-state index contributed by atoms with van der Waals surface area (Å²) in [6.07, 6.45) is 3.79. The van der Waals surface area contributed by atoms with E-state index >= 15 is 0 Å². The first-order chi connectivity index (χ1) is 11.7. The molecule has 1 aromatic rings. The van der Waals surface area contributed by atoms with E-state index in [9.17, 15) is 4.79 Å². The van der Waals surface area contributed by atoms with Gasteiger partial charge in [-0.1, -0.05) is 30.3 Å². The van der Waals surface area contributed by atoms with E-state index in [4.69, 9.17) is 4.74 Å². The van der Waals surface area contributed by atoms with E-state index in [-0.39, 0.29) is 11.8 Å². The number of hydrogen-bond acceptors (Lipinski definition) is 3. The zero-order chi connectivity index (χ0) is 17.2. The van der Waals surface area contributed by atoms with Crippen molar-refractivity contribution in [2.24, 2.45) is 5.92 Å². The van der Waals surface area contributed by atoms with Crippen molar-refractivity contribution in [3.63, 3.8) is 0 Å². The molecule has 134 valence electrons. The Balaban J connectivity index is 1.48. The van der Waals surface area contributed by atoms with Crippen LogP contribution in [0.1, 0.15) is 38.7 Å². The lowest BCUT2D eigenvalue weighted by atomic mass is 9.95. The van der Waals surface area contributed by atoms with Crippen LogP contribution in [-0.4, -0.2) is 49.7 Å². The third kappa shape index (κ3) is 6.62. The molecule has 1 fully saturated rings. The third-order valence-corrected chi connectivity index (χ3v) is 4.77. The monoisotopic (exact) mass is 332 g/mol. The van der Waals surface area contributed by atoms with Crippen molar-refractivity contribution in [3.8, 4) is 0 Å². The number of nitrogens with one attached hydrogen (secondary N) is 1. The molecule has 24 heavy (non-hydrogen) atoms. The van der Waals surface area contributed by atoms with Crippen LogP contribution in [0.25, 0.3) is 0 Å². The van der Waals surface area contributed by atoms with Gasteiger partial charge in [0.05, 0.1) is 6.61 Å². The Morgan fingerprint density at radius 2 is 1.92 bits per heavy atom. The molecule has 0 saturated carbocycles. The number of carbonyl (C=O) groups is 1. The Bertz CT molecular complexity index is 468. The molecule has 0 bridgehead atoms. The van der Waals surface area contributed by atoms with Crippen molar-refractivity contribution in [3.05, 3.63) is 35.9 Å². The van der Waals surface area contributed by atoms with Crippen LogP contribution >= 0.6 is 0 Å². The Kier molecular flexibility index (Phi) is 8.26. The summed E-state index contributed by atoms with van der Waals surface area (Å²) in [6.45, 7) is 8.69. The van der Waals surface area contributed by atoms with E-state index in [1.54, 1.807) is 0 Å². The van der Waals surface area contributed by atoms with Gasteiger partial charge in [-0.3, -0.25) is 4.79 Å². The van der Waals surface area contributed by atoms with Crippen LogP contribution in [0.15, 0.2) is 30.3 Å². The summed E-state index contributed by atoms with van der Waals surface area (Å²) >= 11 is 0. The maximum Gasteiger partial charge on any atom is 0.223 e. The molecule has 2 rings (SSSR count). The summed E-state index contributed by atoms with van der Waals surface area (Å²) in [5.41, 5.74) is 1.30. The highest BCUT2D eigenvalue weighted by atomic mass is 16.5. The van der Waals surface area contributed by atoms with Gasteiger partial charge in [0.15, 0.2) is 0 Å². The van der Waals surface area contributed by atoms with Crippen LogP contribution < -0.4 is 5.32 Å². The summed E-state index contributed by atoms with van der Waals surface area (Å²) in [6, 6.07) is 11.0. The quantitative estimate of drug-likeness (QED) is 0.707. The molecule has 1 aromatic carbocycles. The number of amides is 1. The maximum absolute atomic E-state index is 12.2. The van der Waals surface area contributed by atoms with Crippen LogP contribution in [0, 0.1) is 5.92 Å². The zero-order valence-electron chi connectivity index (χ0n) is 15.2. The Morgan fingerprint density at radius 3 is 2.58 bits per heavy atom. The number of hydrogen-bond donors (Lipinski definition) is 1. The molecule has 0 aliphatic carbocycles. The predicted octanol–water partition coefficient (Wildman–Crippen LogP) is 2.87. The summed E-state index contributed by atoms with van der Waals surface area (Å²) in [5.74, 6) is 0.418. The zero-order valence-corrected chi connectivity index (χ0v) is 15.2. The van der Waals surface area contributed by atoms with Crippen molar-refractivity contribution >= 4 is 5.91 Å². The number of ether oxygens (including phenoxy) is 1. The molecule has 0 aromatic heterocycles. The van der Waals surface area contributed by atoms with Gasteiger partial charge in [0.1, 0.15) is 0 Å². The second-order valence-electron chi connectivity index (χ2n) is 6.90. The van der Waals surface area contributed by atoms with Crippen LogP contribution in [-0.2, 0) is 16.0 Å². The third-order valence-electron chi connectivity index (χ3n) is 4.77.